The van der Waals surface area contributed by atoms with Crippen LogP contribution in [0.5, 0.6) is 0 Å². The van der Waals surface area contributed by atoms with Crippen LogP contribution in [0.25, 0.3) is 0 Å². The summed E-state index contributed by atoms with van der Waals surface area (Å²) in [5.41, 5.74) is -0.586. The number of aldehydes is 1. The summed E-state index contributed by atoms with van der Waals surface area (Å²) in [6.07, 6.45) is -14.0. The molecule has 3 aliphatic heterocycles. The Morgan fingerprint density at radius 2 is 1.39 bits per heavy atom. The molecule has 364 valence electrons. The minimum absolute atomic E-state index is 0.0000364. The molecule has 3 unspecified atom stereocenters. The zero-order valence-electron chi connectivity index (χ0n) is 38.5. The largest absolute Gasteiger partial charge is 0.479 e. The van der Waals surface area contributed by atoms with E-state index in [0.29, 0.717) is 12.8 Å². The molecule has 0 bridgehead atoms. The number of carbonyl (C=O) groups is 2. The Hall–Kier alpha value is -1.68. The Morgan fingerprint density at radius 1 is 0.719 bits per heavy atom. The van der Waals surface area contributed by atoms with Crippen LogP contribution in [-0.4, -0.2) is 163 Å². The Labute approximate surface area is 375 Å². The maximum atomic E-state index is 14.0. The molecule has 4 saturated carbocycles. The third-order valence-electron chi connectivity index (χ3n) is 18.8. The monoisotopic (exact) mass is 910 g/mol. The van der Waals surface area contributed by atoms with Crippen molar-refractivity contribution < 1.29 is 84.0 Å². The molecule has 0 aromatic rings. The quantitative estimate of drug-likeness (QED) is 0.0950. The van der Waals surface area contributed by atoms with Crippen molar-refractivity contribution in [2.75, 3.05) is 6.61 Å². The van der Waals surface area contributed by atoms with E-state index in [9.17, 15) is 55.5 Å². The van der Waals surface area contributed by atoms with Gasteiger partial charge < -0.3 is 79.2 Å². The van der Waals surface area contributed by atoms with Crippen LogP contribution in [0, 0.1) is 50.2 Å². The third kappa shape index (κ3) is 7.40. The van der Waals surface area contributed by atoms with Crippen molar-refractivity contribution in [1.82, 2.24) is 0 Å². The van der Waals surface area contributed by atoms with Crippen molar-refractivity contribution in [3.8, 4) is 0 Å². The van der Waals surface area contributed by atoms with Crippen molar-refractivity contribution in [1.29, 1.82) is 0 Å². The van der Waals surface area contributed by atoms with E-state index in [1.54, 1.807) is 0 Å². The summed E-state index contributed by atoms with van der Waals surface area (Å²) in [7, 11) is 0. The topological polar surface area (TPSA) is 272 Å². The van der Waals surface area contributed by atoms with Gasteiger partial charge in [0.15, 0.2) is 25.0 Å². The lowest BCUT2D eigenvalue weighted by Gasteiger charge is -2.71. The average molecular weight is 911 g/mol. The first-order chi connectivity index (χ1) is 29.8. The third-order valence-corrected chi connectivity index (χ3v) is 18.8. The van der Waals surface area contributed by atoms with Crippen molar-refractivity contribution in [2.24, 2.45) is 50.2 Å². The van der Waals surface area contributed by atoms with Crippen LogP contribution in [0.15, 0.2) is 11.6 Å². The lowest BCUT2D eigenvalue weighted by molar-refractivity contribution is -0.386. The number of carboxylic acids is 1. The van der Waals surface area contributed by atoms with Gasteiger partial charge in [0, 0.05) is 10.8 Å². The van der Waals surface area contributed by atoms with Gasteiger partial charge in [0.1, 0.15) is 61.2 Å². The molecule has 23 atom stereocenters. The number of aliphatic hydroxyl groups is 8. The number of hydrogen-bond acceptors (Lipinski definition) is 16. The van der Waals surface area contributed by atoms with E-state index in [-0.39, 0.29) is 45.5 Å². The molecule has 9 N–H and O–H groups in total. The summed E-state index contributed by atoms with van der Waals surface area (Å²) in [5, 5.41) is 97.3. The predicted molar refractivity (Wildman–Crippen MR) is 224 cm³/mol. The second-order valence-electron chi connectivity index (χ2n) is 23.0. The summed E-state index contributed by atoms with van der Waals surface area (Å²) in [6.45, 7) is 16.6. The Kier molecular flexibility index (Phi) is 12.8. The highest BCUT2D eigenvalue weighted by molar-refractivity contribution is 5.73. The van der Waals surface area contributed by atoms with E-state index in [2.05, 4.69) is 40.7 Å². The Balaban J connectivity index is 1.06. The van der Waals surface area contributed by atoms with Gasteiger partial charge in [-0.2, -0.15) is 0 Å². The van der Waals surface area contributed by atoms with Gasteiger partial charge in [0.05, 0.1) is 24.9 Å². The number of fused-ring (bicyclic) bond motifs is 7. The Bertz CT molecular complexity index is 1790. The fourth-order valence-electron chi connectivity index (χ4n) is 14.6. The number of aliphatic hydroxyl groups excluding tert-OH is 8. The van der Waals surface area contributed by atoms with Crippen LogP contribution in [0.3, 0.4) is 0 Å². The fraction of sp³-hybridized carbons (Fsp3) is 0.915. The smallest absolute Gasteiger partial charge is 0.335 e. The first kappa shape index (κ1) is 48.8. The summed E-state index contributed by atoms with van der Waals surface area (Å²) >= 11 is 0. The average Bonchev–Trinajstić information content (AvgIpc) is 3.22. The molecule has 17 nitrogen and oxygen atoms in total. The lowest BCUT2D eigenvalue weighted by Crippen LogP contribution is -2.68. The second-order valence-corrected chi connectivity index (χ2v) is 23.0. The van der Waals surface area contributed by atoms with Crippen LogP contribution < -0.4 is 0 Å². The molecule has 5 aliphatic carbocycles. The molecule has 8 aliphatic rings. The van der Waals surface area contributed by atoms with E-state index >= 15 is 0 Å². The van der Waals surface area contributed by atoms with E-state index in [1.165, 1.54) is 18.8 Å². The second kappa shape index (κ2) is 16.8. The Morgan fingerprint density at radius 3 is 2.06 bits per heavy atom. The van der Waals surface area contributed by atoms with Crippen molar-refractivity contribution >= 4 is 12.3 Å². The number of allylic oxidation sites excluding steroid dienone is 2. The molecular formula is C47H74O17. The van der Waals surface area contributed by atoms with Gasteiger partial charge in [-0.3, -0.25) is 0 Å². The van der Waals surface area contributed by atoms with Crippen LogP contribution in [0.4, 0.5) is 0 Å². The zero-order valence-corrected chi connectivity index (χ0v) is 38.5. The number of carboxylic acid groups (broad SMARTS) is 1. The molecule has 3 heterocycles. The molecule has 0 aromatic heterocycles. The van der Waals surface area contributed by atoms with Gasteiger partial charge in [-0.05, 0) is 104 Å². The number of rotatable bonds is 8. The van der Waals surface area contributed by atoms with Crippen LogP contribution in [-0.2, 0) is 38.0 Å². The van der Waals surface area contributed by atoms with Gasteiger partial charge in [-0.15, -0.1) is 0 Å². The van der Waals surface area contributed by atoms with Crippen LogP contribution >= 0.6 is 0 Å². The van der Waals surface area contributed by atoms with E-state index in [0.717, 1.165) is 44.9 Å². The standard InChI is InChI=1S/C47H74O17/c1-21-29(51)31(53)34(56)39(60-21)63-36-30(52)24(49)19-59-40(36)64-37-33(55)32(54)35(38(57)58)62-41(37)61-28-12-14-47(20-48)25(43(28,4)5)11-13-46(8)26(47)10-9-22-23-17-42(2,3)18-27(50)44(23,6)15-16-45(22,46)7/h9,20-21,23-37,39-41,49-56H,10-19H2,1-8H3,(H,57,58)/t21-,23?,24+,25?,26?,27+,28-,29-,30-,31+,32-,33-,34+,35-,36+,37+,39-,40-,41+,44+,45+,46+,47+/m0/s1. The minimum Gasteiger partial charge on any atom is -0.479 e. The minimum atomic E-state index is -2.01. The molecular weight excluding hydrogens is 837 g/mol. The van der Waals surface area contributed by atoms with Gasteiger partial charge in [-0.1, -0.05) is 60.1 Å². The maximum Gasteiger partial charge on any atom is 0.335 e. The highest BCUT2D eigenvalue weighted by Gasteiger charge is 2.70. The molecule has 8 rings (SSSR count). The van der Waals surface area contributed by atoms with E-state index in [1.807, 2.05) is 13.8 Å². The molecule has 0 amide bonds. The molecule has 3 saturated heterocycles. The highest BCUT2D eigenvalue weighted by Crippen LogP contribution is 2.75. The number of aliphatic carboxylic acids is 1. The summed E-state index contributed by atoms with van der Waals surface area (Å²) in [5.74, 6) is -1.46. The van der Waals surface area contributed by atoms with Gasteiger partial charge in [0.2, 0.25) is 0 Å². The zero-order chi connectivity index (χ0) is 46.9. The summed E-state index contributed by atoms with van der Waals surface area (Å²) in [6, 6.07) is 0. The van der Waals surface area contributed by atoms with Gasteiger partial charge >= 0.3 is 5.97 Å². The van der Waals surface area contributed by atoms with Crippen LogP contribution in [0.1, 0.15) is 113 Å². The molecule has 17 heteroatoms. The molecule has 0 spiro atoms. The molecule has 0 aromatic carbocycles. The maximum absolute atomic E-state index is 14.0. The summed E-state index contributed by atoms with van der Waals surface area (Å²) < 4.78 is 36.0. The first-order valence-electron chi connectivity index (χ1n) is 23.5. The van der Waals surface area contributed by atoms with E-state index in [4.69, 9.17) is 28.4 Å². The molecule has 0 radical (unpaired) electrons. The predicted octanol–water partition coefficient (Wildman–Crippen LogP) is 1.55. The SMILES string of the molecule is C[C@@H]1O[C@@H](O[C@H]2[C@H](O[C@H]3[C@H](O[C@H]4CC[C@@]5(C=O)C(CC[C@]6(C)C5CC=C5C7CC(C)(C)C[C@@H](O)[C@]7(C)CC[C@]56C)C4(C)C)O[C@H](C(=O)O)[C@@H](O)[C@@H]3O)OC[C@@H](O)[C@@H]2O)[C@H](O)[C@H](O)[C@H]1O. The number of carbonyl (C=O) groups excluding carboxylic acids is 1. The van der Waals surface area contributed by atoms with Crippen molar-refractivity contribution in [3.63, 3.8) is 0 Å². The van der Waals surface area contributed by atoms with Gasteiger partial charge in [-0.25, -0.2) is 4.79 Å². The normalized spacial score (nSPS) is 54.6. The van der Waals surface area contributed by atoms with E-state index < -0.39 is 116 Å². The fourth-order valence-corrected chi connectivity index (χ4v) is 14.6. The molecule has 64 heavy (non-hydrogen) atoms. The van der Waals surface area contributed by atoms with Gasteiger partial charge in [0.25, 0.3) is 0 Å². The molecule has 7 fully saturated rings. The van der Waals surface area contributed by atoms with Crippen LogP contribution in [0.2, 0.25) is 0 Å². The number of ether oxygens (including phenoxy) is 6. The summed E-state index contributed by atoms with van der Waals surface area (Å²) in [4.78, 5) is 26.4. The van der Waals surface area contributed by atoms with Crippen molar-refractivity contribution in [3.05, 3.63) is 11.6 Å². The lowest BCUT2D eigenvalue weighted by atomic mass is 9.33. The van der Waals surface area contributed by atoms with Crippen molar-refractivity contribution in [2.45, 2.75) is 211 Å². The first-order valence-corrected chi connectivity index (χ1v) is 23.5. The highest BCUT2D eigenvalue weighted by atomic mass is 16.8. The number of hydrogen-bond donors (Lipinski definition) is 9.